The van der Waals surface area contributed by atoms with E-state index in [1.54, 1.807) is 12.3 Å². The fourth-order valence-electron chi connectivity index (χ4n) is 2.85. The van der Waals surface area contributed by atoms with Crippen molar-refractivity contribution in [1.82, 2.24) is 4.98 Å². The summed E-state index contributed by atoms with van der Waals surface area (Å²) >= 11 is 0. The number of esters is 1. The van der Waals surface area contributed by atoms with Crippen molar-refractivity contribution in [3.05, 3.63) is 29.6 Å². The third-order valence-corrected chi connectivity index (χ3v) is 3.68. The Morgan fingerprint density at radius 1 is 1.32 bits per heavy atom. The molecular formula is C15H22N2O2. The molecule has 1 aromatic rings. The second-order valence-electron chi connectivity index (χ2n) is 5.70. The molecule has 0 aromatic carbocycles. The smallest absolute Gasteiger partial charge is 0.357 e. The third-order valence-electron chi connectivity index (χ3n) is 3.68. The van der Waals surface area contributed by atoms with Gasteiger partial charge in [-0.05, 0) is 42.7 Å². The number of nitrogens with two attached hydrogens (primary N) is 1. The Morgan fingerprint density at radius 2 is 2.00 bits per heavy atom. The minimum absolute atomic E-state index is 0.0298. The Labute approximate surface area is 114 Å². The lowest BCUT2D eigenvalue weighted by atomic mass is 9.82. The SMILES string of the molecule is CC1CC(C)CC(OC(=O)c2ccc(CN)cn2)C1. The summed E-state index contributed by atoms with van der Waals surface area (Å²) in [5.74, 6) is 0.915. The molecule has 1 heterocycles. The van der Waals surface area contributed by atoms with E-state index in [0.29, 0.717) is 24.1 Å². The van der Waals surface area contributed by atoms with Crippen molar-refractivity contribution in [3.63, 3.8) is 0 Å². The van der Waals surface area contributed by atoms with E-state index in [2.05, 4.69) is 18.8 Å². The molecule has 1 saturated carbocycles. The predicted octanol–water partition coefficient (Wildman–Crippen LogP) is 2.52. The van der Waals surface area contributed by atoms with Crippen molar-refractivity contribution in [3.8, 4) is 0 Å². The van der Waals surface area contributed by atoms with Gasteiger partial charge >= 0.3 is 5.97 Å². The van der Waals surface area contributed by atoms with Gasteiger partial charge in [0.2, 0.25) is 0 Å². The second-order valence-corrected chi connectivity index (χ2v) is 5.70. The lowest BCUT2D eigenvalue weighted by molar-refractivity contribution is 0.00745. The molecular weight excluding hydrogens is 240 g/mol. The highest BCUT2D eigenvalue weighted by atomic mass is 16.5. The normalized spacial score (nSPS) is 27.0. The molecule has 2 unspecified atom stereocenters. The number of hydrogen-bond acceptors (Lipinski definition) is 4. The zero-order valence-corrected chi connectivity index (χ0v) is 11.6. The van der Waals surface area contributed by atoms with Gasteiger partial charge in [0.05, 0.1) is 0 Å². The van der Waals surface area contributed by atoms with Gasteiger partial charge in [-0.3, -0.25) is 0 Å². The van der Waals surface area contributed by atoms with Crippen LogP contribution in [0.3, 0.4) is 0 Å². The maximum absolute atomic E-state index is 12.0. The van der Waals surface area contributed by atoms with E-state index < -0.39 is 0 Å². The molecule has 0 radical (unpaired) electrons. The number of nitrogens with zero attached hydrogens (tertiary/aromatic N) is 1. The van der Waals surface area contributed by atoms with Crippen LogP contribution in [0.2, 0.25) is 0 Å². The predicted molar refractivity (Wildman–Crippen MR) is 73.5 cm³/mol. The van der Waals surface area contributed by atoms with Gasteiger partial charge in [0, 0.05) is 12.7 Å². The number of carbonyl (C=O) groups is 1. The van der Waals surface area contributed by atoms with Crippen molar-refractivity contribution < 1.29 is 9.53 Å². The molecule has 4 nitrogen and oxygen atoms in total. The molecule has 104 valence electrons. The Kier molecular flexibility index (Phi) is 4.53. The molecule has 0 bridgehead atoms. The summed E-state index contributed by atoms with van der Waals surface area (Å²) in [7, 11) is 0. The number of rotatable bonds is 3. The Hall–Kier alpha value is -1.42. The van der Waals surface area contributed by atoms with E-state index >= 15 is 0 Å². The van der Waals surface area contributed by atoms with Crippen LogP contribution in [0.1, 0.15) is 49.2 Å². The lowest BCUT2D eigenvalue weighted by Gasteiger charge is -2.30. The molecule has 0 amide bonds. The third kappa shape index (κ3) is 3.77. The number of ether oxygens (including phenoxy) is 1. The summed E-state index contributed by atoms with van der Waals surface area (Å²) < 4.78 is 5.56. The highest BCUT2D eigenvalue weighted by molar-refractivity contribution is 5.87. The topological polar surface area (TPSA) is 65.2 Å². The molecule has 1 fully saturated rings. The van der Waals surface area contributed by atoms with Crippen molar-refractivity contribution >= 4 is 5.97 Å². The molecule has 2 rings (SSSR count). The summed E-state index contributed by atoms with van der Waals surface area (Å²) in [6.07, 6.45) is 4.79. The average Bonchev–Trinajstić information content (AvgIpc) is 2.37. The van der Waals surface area contributed by atoms with Gasteiger partial charge in [0.1, 0.15) is 11.8 Å². The van der Waals surface area contributed by atoms with Crippen LogP contribution in [0, 0.1) is 11.8 Å². The van der Waals surface area contributed by atoms with Gasteiger partial charge in [0.15, 0.2) is 0 Å². The van der Waals surface area contributed by atoms with Crippen molar-refractivity contribution in [2.45, 2.75) is 45.8 Å². The number of carbonyl (C=O) groups excluding carboxylic acids is 1. The fraction of sp³-hybridized carbons (Fsp3) is 0.600. The molecule has 2 N–H and O–H groups in total. The van der Waals surface area contributed by atoms with E-state index in [4.69, 9.17) is 10.5 Å². The van der Waals surface area contributed by atoms with E-state index in [9.17, 15) is 4.79 Å². The molecule has 0 spiro atoms. The van der Waals surface area contributed by atoms with Crippen molar-refractivity contribution in [1.29, 1.82) is 0 Å². The van der Waals surface area contributed by atoms with Crippen LogP contribution in [0.15, 0.2) is 18.3 Å². The zero-order valence-electron chi connectivity index (χ0n) is 11.6. The Morgan fingerprint density at radius 3 is 2.53 bits per heavy atom. The minimum atomic E-state index is -0.324. The molecule has 4 heteroatoms. The summed E-state index contributed by atoms with van der Waals surface area (Å²) in [5, 5.41) is 0. The van der Waals surface area contributed by atoms with Crippen LogP contribution in [0.25, 0.3) is 0 Å². The molecule has 1 aliphatic carbocycles. The van der Waals surface area contributed by atoms with Gasteiger partial charge in [-0.15, -0.1) is 0 Å². The van der Waals surface area contributed by atoms with Gasteiger partial charge in [0.25, 0.3) is 0 Å². The highest BCUT2D eigenvalue weighted by Crippen LogP contribution is 2.30. The van der Waals surface area contributed by atoms with E-state index in [1.165, 1.54) is 6.42 Å². The standard InChI is InChI=1S/C15H22N2O2/c1-10-5-11(2)7-13(6-10)19-15(18)14-4-3-12(8-16)9-17-14/h3-4,9-11,13H,5-8,16H2,1-2H3. The molecule has 2 atom stereocenters. The van der Waals surface area contributed by atoms with E-state index in [0.717, 1.165) is 18.4 Å². The number of pyridine rings is 1. The number of hydrogen-bond donors (Lipinski definition) is 1. The minimum Gasteiger partial charge on any atom is -0.458 e. The maximum atomic E-state index is 12.0. The quantitative estimate of drug-likeness (QED) is 0.850. The first-order chi connectivity index (χ1) is 9.08. The first-order valence-electron chi connectivity index (χ1n) is 6.94. The van der Waals surface area contributed by atoms with Crippen LogP contribution in [0.5, 0.6) is 0 Å². The summed E-state index contributed by atoms with van der Waals surface area (Å²) in [6.45, 7) is 4.86. The highest BCUT2D eigenvalue weighted by Gasteiger charge is 2.27. The molecule has 1 aliphatic rings. The van der Waals surface area contributed by atoms with E-state index in [-0.39, 0.29) is 12.1 Å². The van der Waals surface area contributed by atoms with Crippen LogP contribution >= 0.6 is 0 Å². The van der Waals surface area contributed by atoms with Crippen LogP contribution in [-0.2, 0) is 11.3 Å². The monoisotopic (exact) mass is 262 g/mol. The number of aromatic nitrogens is 1. The molecule has 0 aliphatic heterocycles. The molecule has 19 heavy (non-hydrogen) atoms. The zero-order chi connectivity index (χ0) is 13.8. The van der Waals surface area contributed by atoms with Gasteiger partial charge in [-0.1, -0.05) is 19.9 Å². The van der Waals surface area contributed by atoms with Crippen molar-refractivity contribution in [2.24, 2.45) is 17.6 Å². The fourth-order valence-corrected chi connectivity index (χ4v) is 2.85. The van der Waals surface area contributed by atoms with Crippen molar-refractivity contribution in [2.75, 3.05) is 0 Å². The lowest BCUT2D eigenvalue weighted by Crippen LogP contribution is -2.28. The first-order valence-corrected chi connectivity index (χ1v) is 6.94. The van der Waals surface area contributed by atoms with Crippen LogP contribution in [0.4, 0.5) is 0 Å². The largest absolute Gasteiger partial charge is 0.458 e. The molecule has 0 saturated heterocycles. The van der Waals surface area contributed by atoms with Gasteiger partial charge in [-0.25, -0.2) is 9.78 Å². The van der Waals surface area contributed by atoms with E-state index in [1.807, 2.05) is 6.07 Å². The summed E-state index contributed by atoms with van der Waals surface area (Å²) in [6, 6.07) is 3.50. The Balaban J connectivity index is 1.96. The summed E-state index contributed by atoms with van der Waals surface area (Å²) in [5.41, 5.74) is 6.78. The summed E-state index contributed by atoms with van der Waals surface area (Å²) in [4.78, 5) is 16.1. The second kappa shape index (κ2) is 6.15. The van der Waals surface area contributed by atoms with Crippen LogP contribution in [-0.4, -0.2) is 17.1 Å². The average molecular weight is 262 g/mol. The first kappa shape index (κ1) is 14.0. The maximum Gasteiger partial charge on any atom is 0.357 e. The van der Waals surface area contributed by atoms with Gasteiger partial charge in [-0.2, -0.15) is 0 Å². The Bertz CT molecular complexity index is 420. The van der Waals surface area contributed by atoms with Gasteiger partial charge < -0.3 is 10.5 Å². The molecule has 1 aromatic heterocycles. The van der Waals surface area contributed by atoms with Crippen LogP contribution < -0.4 is 5.73 Å².